The number of fused-ring (bicyclic) bond motifs is 1. The van der Waals surface area contributed by atoms with E-state index in [0.717, 1.165) is 12.1 Å². The first-order valence-corrected chi connectivity index (χ1v) is 5.75. The van der Waals surface area contributed by atoms with E-state index in [2.05, 4.69) is 4.98 Å². The highest BCUT2D eigenvalue weighted by atomic mass is 19.1. The van der Waals surface area contributed by atoms with E-state index in [-0.39, 0.29) is 23.0 Å². The third-order valence-electron chi connectivity index (χ3n) is 3.14. The normalized spacial score (nSPS) is 12.6. The summed E-state index contributed by atoms with van der Waals surface area (Å²) < 4.78 is 13.9. The molecular formula is C12H12FN3O4. The van der Waals surface area contributed by atoms with Crippen LogP contribution in [0.15, 0.2) is 12.1 Å². The van der Waals surface area contributed by atoms with Crippen LogP contribution in [0.1, 0.15) is 11.3 Å². The quantitative estimate of drug-likeness (QED) is 0.578. The molecule has 1 heterocycles. The minimum atomic E-state index is -1.22. The maximum Gasteiger partial charge on any atom is 0.320 e. The van der Waals surface area contributed by atoms with E-state index in [4.69, 9.17) is 10.8 Å². The molecule has 2 rings (SSSR count). The highest BCUT2D eigenvalue weighted by Gasteiger charge is 2.23. The van der Waals surface area contributed by atoms with Crippen LogP contribution in [-0.2, 0) is 11.2 Å². The number of carboxylic acid groups (broad SMARTS) is 1. The summed E-state index contributed by atoms with van der Waals surface area (Å²) in [6.07, 6.45) is -0.112. The molecule has 0 saturated heterocycles. The standard InChI is InChI=1S/C12H12FN3O4/c1-5-6(4-8(14)12(17)18)10-7(13)2-3-9(16(19)20)11(10)15-5/h2-3,8,15H,4,14H2,1H3,(H,17,18). The molecule has 1 unspecified atom stereocenters. The number of aliphatic carboxylic acids is 1. The van der Waals surface area contributed by atoms with Crippen molar-refractivity contribution in [2.45, 2.75) is 19.4 Å². The van der Waals surface area contributed by atoms with E-state index < -0.39 is 22.8 Å². The summed E-state index contributed by atoms with van der Waals surface area (Å²) in [7, 11) is 0. The zero-order valence-corrected chi connectivity index (χ0v) is 10.5. The lowest BCUT2D eigenvalue weighted by Crippen LogP contribution is -2.32. The van der Waals surface area contributed by atoms with Crippen LogP contribution in [0.5, 0.6) is 0 Å². The van der Waals surface area contributed by atoms with Gasteiger partial charge in [-0.1, -0.05) is 0 Å². The molecule has 0 spiro atoms. The minimum Gasteiger partial charge on any atom is -0.480 e. The number of aromatic nitrogens is 1. The van der Waals surface area contributed by atoms with Crippen molar-refractivity contribution in [2.75, 3.05) is 0 Å². The van der Waals surface area contributed by atoms with Crippen LogP contribution in [-0.4, -0.2) is 27.0 Å². The van der Waals surface area contributed by atoms with Crippen LogP contribution in [0.25, 0.3) is 10.9 Å². The zero-order valence-electron chi connectivity index (χ0n) is 10.5. The van der Waals surface area contributed by atoms with Crippen molar-refractivity contribution in [3.63, 3.8) is 0 Å². The Hall–Kier alpha value is -2.48. The molecule has 7 nitrogen and oxygen atoms in total. The topological polar surface area (TPSA) is 122 Å². The number of H-pyrrole nitrogens is 1. The highest BCUT2D eigenvalue weighted by Crippen LogP contribution is 2.32. The van der Waals surface area contributed by atoms with Crippen LogP contribution in [0.3, 0.4) is 0 Å². The molecule has 8 heteroatoms. The number of carboxylic acids is 1. The number of rotatable bonds is 4. The molecule has 0 fully saturated rings. The van der Waals surface area contributed by atoms with Gasteiger partial charge in [0, 0.05) is 23.6 Å². The van der Waals surface area contributed by atoms with E-state index in [1.807, 2.05) is 0 Å². The lowest BCUT2D eigenvalue weighted by Gasteiger charge is -2.06. The summed E-state index contributed by atoms with van der Waals surface area (Å²) in [6.45, 7) is 1.59. The maximum absolute atomic E-state index is 13.9. The van der Waals surface area contributed by atoms with Crippen molar-refractivity contribution in [3.05, 3.63) is 39.3 Å². The van der Waals surface area contributed by atoms with Gasteiger partial charge >= 0.3 is 5.97 Å². The molecule has 2 aromatic rings. The fourth-order valence-electron chi connectivity index (χ4n) is 2.15. The first-order chi connectivity index (χ1) is 9.32. The third-order valence-corrected chi connectivity index (χ3v) is 3.14. The Morgan fingerprint density at radius 2 is 2.25 bits per heavy atom. The van der Waals surface area contributed by atoms with Gasteiger partial charge in [-0.2, -0.15) is 0 Å². The summed E-state index contributed by atoms with van der Waals surface area (Å²) in [5, 5.41) is 19.8. The van der Waals surface area contributed by atoms with Crippen LogP contribution in [0, 0.1) is 22.9 Å². The Morgan fingerprint density at radius 1 is 1.60 bits per heavy atom. The summed E-state index contributed by atoms with van der Waals surface area (Å²) >= 11 is 0. The number of nitrogens with one attached hydrogen (secondary N) is 1. The fraction of sp³-hybridized carbons (Fsp3) is 0.250. The summed E-state index contributed by atoms with van der Waals surface area (Å²) in [4.78, 5) is 23.8. The molecule has 106 valence electrons. The number of nitro groups is 1. The van der Waals surface area contributed by atoms with Gasteiger partial charge in [0.1, 0.15) is 17.4 Å². The first-order valence-electron chi connectivity index (χ1n) is 5.75. The van der Waals surface area contributed by atoms with Crippen LogP contribution < -0.4 is 5.73 Å². The molecule has 1 aromatic heterocycles. The highest BCUT2D eigenvalue weighted by molar-refractivity contribution is 5.92. The molecule has 0 radical (unpaired) electrons. The summed E-state index contributed by atoms with van der Waals surface area (Å²) in [6, 6.07) is 0.851. The number of halogens is 1. The largest absolute Gasteiger partial charge is 0.480 e. The average Bonchev–Trinajstić information content (AvgIpc) is 2.67. The van der Waals surface area contributed by atoms with Crippen LogP contribution in [0.2, 0.25) is 0 Å². The molecule has 0 bridgehead atoms. The van der Waals surface area contributed by atoms with E-state index in [1.165, 1.54) is 0 Å². The Morgan fingerprint density at radius 3 is 2.80 bits per heavy atom. The average molecular weight is 281 g/mol. The van der Waals surface area contributed by atoms with Crippen molar-refractivity contribution in [1.29, 1.82) is 0 Å². The van der Waals surface area contributed by atoms with Gasteiger partial charge in [-0.15, -0.1) is 0 Å². The summed E-state index contributed by atoms with van der Waals surface area (Å²) in [5.41, 5.74) is 6.03. The molecule has 0 aliphatic rings. The van der Waals surface area contributed by atoms with E-state index in [0.29, 0.717) is 11.3 Å². The second-order valence-electron chi connectivity index (χ2n) is 4.45. The number of carbonyl (C=O) groups is 1. The Bertz CT molecular complexity index is 710. The van der Waals surface area contributed by atoms with Gasteiger partial charge in [-0.3, -0.25) is 14.9 Å². The number of benzene rings is 1. The van der Waals surface area contributed by atoms with Gasteiger partial charge in [0.25, 0.3) is 5.69 Å². The first kappa shape index (κ1) is 13.9. The fourth-order valence-corrected chi connectivity index (χ4v) is 2.15. The Balaban J connectivity index is 2.67. The molecule has 1 atom stereocenters. The van der Waals surface area contributed by atoms with E-state index in [9.17, 15) is 19.3 Å². The van der Waals surface area contributed by atoms with Crippen molar-refractivity contribution in [3.8, 4) is 0 Å². The number of non-ortho nitro benzene ring substituents is 1. The van der Waals surface area contributed by atoms with Crippen molar-refractivity contribution < 1.29 is 19.2 Å². The number of aromatic amines is 1. The molecule has 0 saturated carbocycles. The number of nitrogens with two attached hydrogens (primary N) is 1. The summed E-state index contributed by atoms with van der Waals surface area (Å²) in [5.74, 6) is -1.87. The molecule has 0 aliphatic heterocycles. The predicted octanol–water partition coefficient (Wildman–Crippen LogP) is 1.48. The van der Waals surface area contributed by atoms with Crippen LogP contribution in [0.4, 0.5) is 10.1 Å². The number of hydrogen-bond acceptors (Lipinski definition) is 4. The second kappa shape index (κ2) is 4.89. The number of nitro benzene ring substituents is 1. The zero-order chi connectivity index (χ0) is 15.0. The Kier molecular flexibility index (Phi) is 3.41. The predicted molar refractivity (Wildman–Crippen MR) is 69.0 cm³/mol. The van der Waals surface area contributed by atoms with Gasteiger partial charge in [0.2, 0.25) is 0 Å². The molecule has 0 aliphatic carbocycles. The van der Waals surface area contributed by atoms with Gasteiger partial charge in [-0.05, 0) is 18.6 Å². The van der Waals surface area contributed by atoms with Crippen molar-refractivity contribution in [1.82, 2.24) is 4.98 Å². The Labute approximate surface area is 112 Å². The van der Waals surface area contributed by atoms with E-state index >= 15 is 0 Å². The van der Waals surface area contributed by atoms with E-state index in [1.54, 1.807) is 6.92 Å². The number of aryl methyl sites for hydroxylation is 1. The van der Waals surface area contributed by atoms with Crippen LogP contribution >= 0.6 is 0 Å². The second-order valence-corrected chi connectivity index (χ2v) is 4.45. The van der Waals surface area contributed by atoms with Gasteiger partial charge in [0.15, 0.2) is 0 Å². The van der Waals surface area contributed by atoms with Crippen molar-refractivity contribution in [2.24, 2.45) is 5.73 Å². The molecule has 4 N–H and O–H groups in total. The van der Waals surface area contributed by atoms with Gasteiger partial charge < -0.3 is 15.8 Å². The number of hydrogen-bond donors (Lipinski definition) is 3. The molecule has 0 amide bonds. The monoisotopic (exact) mass is 281 g/mol. The molecule has 20 heavy (non-hydrogen) atoms. The van der Waals surface area contributed by atoms with Gasteiger partial charge in [-0.25, -0.2) is 4.39 Å². The molecule has 1 aromatic carbocycles. The van der Waals surface area contributed by atoms with Crippen molar-refractivity contribution >= 4 is 22.6 Å². The third kappa shape index (κ3) is 2.21. The lowest BCUT2D eigenvalue weighted by molar-refractivity contribution is -0.383. The molecular weight excluding hydrogens is 269 g/mol. The maximum atomic E-state index is 13.9. The number of nitrogens with zero attached hydrogens (tertiary/aromatic N) is 1. The minimum absolute atomic E-state index is 0.0217. The van der Waals surface area contributed by atoms with Gasteiger partial charge in [0.05, 0.1) is 4.92 Å². The lowest BCUT2D eigenvalue weighted by atomic mass is 10.0. The SMILES string of the molecule is Cc1[nH]c2c([N+](=O)[O-])ccc(F)c2c1CC(N)C(=O)O. The smallest absolute Gasteiger partial charge is 0.320 e.